The molecular weight excluding hydrogens is 436 g/mol. The van der Waals surface area contributed by atoms with Crippen molar-refractivity contribution in [3.8, 4) is 11.4 Å². The lowest BCUT2D eigenvalue weighted by atomic mass is 10.0. The summed E-state index contributed by atoms with van der Waals surface area (Å²) < 4.78 is 12.3. The number of rotatable bonds is 9. The van der Waals surface area contributed by atoms with E-state index in [-0.39, 0.29) is 36.2 Å². The highest BCUT2D eigenvalue weighted by Gasteiger charge is 2.42. The molecule has 0 aliphatic heterocycles. The zero-order chi connectivity index (χ0) is 24.1. The number of hydrogen-bond donors (Lipinski definition) is 2. The first kappa shape index (κ1) is 23.6. The lowest BCUT2D eigenvalue weighted by molar-refractivity contribution is -0.125. The van der Waals surface area contributed by atoms with Crippen LogP contribution in [0, 0.1) is 19.8 Å². The number of aromatic nitrogens is 4. The Morgan fingerprint density at radius 2 is 2.00 bits per heavy atom. The van der Waals surface area contributed by atoms with E-state index in [9.17, 15) is 9.59 Å². The summed E-state index contributed by atoms with van der Waals surface area (Å²) in [4.78, 5) is 30.2. The first-order chi connectivity index (χ1) is 16.4. The van der Waals surface area contributed by atoms with E-state index in [1.807, 2.05) is 50.2 Å². The van der Waals surface area contributed by atoms with Crippen LogP contribution in [0.4, 0.5) is 0 Å². The van der Waals surface area contributed by atoms with E-state index < -0.39 is 0 Å². The second kappa shape index (κ2) is 10.6. The number of ether oxygens (including phenoxy) is 1. The second-order valence-electron chi connectivity index (χ2n) is 8.64. The Labute approximate surface area is 198 Å². The molecular formula is C24H30N6O4. The highest BCUT2D eigenvalue weighted by molar-refractivity contribution is 5.80. The summed E-state index contributed by atoms with van der Waals surface area (Å²) in [5.74, 6) is 0.101. The Bertz CT molecular complexity index is 1130. The Morgan fingerprint density at radius 1 is 1.21 bits per heavy atom. The van der Waals surface area contributed by atoms with Gasteiger partial charge in [0.2, 0.25) is 23.5 Å². The number of methoxy groups -OCH3 is 1. The third-order valence-corrected chi connectivity index (χ3v) is 6.07. The number of carbonyl (C=O) groups is 2. The quantitative estimate of drug-likeness (QED) is 0.462. The number of nitrogens with one attached hydrogen (secondary N) is 2. The van der Waals surface area contributed by atoms with Crippen molar-refractivity contribution in [2.45, 2.75) is 45.2 Å². The minimum absolute atomic E-state index is 0.0693. The molecule has 34 heavy (non-hydrogen) atoms. The average molecular weight is 467 g/mol. The molecule has 1 saturated carbocycles. The number of aryl methyl sites for hydroxylation is 2. The molecule has 2 amide bonds. The molecule has 0 spiro atoms. The van der Waals surface area contributed by atoms with Gasteiger partial charge in [-0.05, 0) is 32.8 Å². The van der Waals surface area contributed by atoms with Crippen LogP contribution >= 0.6 is 0 Å². The van der Waals surface area contributed by atoms with Gasteiger partial charge in [-0.3, -0.25) is 14.3 Å². The summed E-state index contributed by atoms with van der Waals surface area (Å²) in [6, 6.07) is 11.2. The molecule has 0 radical (unpaired) electrons. The van der Waals surface area contributed by atoms with Crippen LogP contribution in [-0.2, 0) is 20.9 Å². The van der Waals surface area contributed by atoms with Crippen LogP contribution in [0.5, 0.6) is 0 Å². The zero-order valence-electron chi connectivity index (χ0n) is 19.7. The molecule has 1 aliphatic rings. The summed E-state index contributed by atoms with van der Waals surface area (Å²) in [6.07, 6.45) is 0.982. The summed E-state index contributed by atoms with van der Waals surface area (Å²) in [5.41, 5.74) is 2.61. The van der Waals surface area contributed by atoms with E-state index in [0.29, 0.717) is 37.7 Å². The summed E-state index contributed by atoms with van der Waals surface area (Å²) in [7, 11) is 1.59. The third kappa shape index (κ3) is 5.51. The number of nitrogens with zero attached hydrogens (tertiary/aromatic N) is 4. The molecule has 0 unspecified atom stereocenters. The molecule has 1 aliphatic carbocycles. The maximum Gasteiger partial charge on any atom is 0.241 e. The van der Waals surface area contributed by atoms with Crippen molar-refractivity contribution in [1.82, 2.24) is 30.6 Å². The van der Waals surface area contributed by atoms with Gasteiger partial charge in [0, 0.05) is 36.9 Å². The third-order valence-electron chi connectivity index (χ3n) is 6.07. The summed E-state index contributed by atoms with van der Waals surface area (Å²) in [6.45, 7) is 4.78. The van der Waals surface area contributed by atoms with Crippen molar-refractivity contribution in [3.05, 3.63) is 53.7 Å². The maximum atomic E-state index is 12.9. The SMILES string of the molecule is COCCNC(=O)[C@H]1C[C@H](NC(=O)Cn2nc(C)cc2C)[C@H](c2nc(-c3ccccc3)no2)C1. The minimum Gasteiger partial charge on any atom is -0.383 e. The monoisotopic (exact) mass is 466 g/mol. The second-order valence-corrected chi connectivity index (χ2v) is 8.64. The highest BCUT2D eigenvalue weighted by atomic mass is 16.5. The molecule has 1 fully saturated rings. The Hall–Kier alpha value is -3.53. The summed E-state index contributed by atoms with van der Waals surface area (Å²) in [5, 5.41) is 14.5. The van der Waals surface area contributed by atoms with Crippen molar-refractivity contribution in [1.29, 1.82) is 0 Å². The number of hydrogen-bond acceptors (Lipinski definition) is 7. The molecule has 180 valence electrons. The Balaban J connectivity index is 1.50. The lowest BCUT2D eigenvalue weighted by Crippen LogP contribution is -2.39. The van der Waals surface area contributed by atoms with E-state index in [1.54, 1.807) is 11.8 Å². The Morgan fingerprint density at radius 3 is 2.71 bits per heavy atom. The zero-order valence-corrected chi connectivity index (χ0v) is 19.7. The topological polar surface area (TPSA) is 124 Å². The first-order valence-electron chi connectivity index (χ1n) is 11.4. The van der Waals surface area contributed by atoms with E-state index in [1.165, 1.54) is 0 Å². The van der Waals surface area contributed by atoms with Crippen LogP contribution in [0.25, 0.3) is 11.4 Å². The van der Waals surface area contributed by atoms with Crippen molar-refractivity contribution < 1.29 is 18.8 Å². The van der Waals surface area contributed by atoms with Crippen molar-refractivity contribution in [3.63, 3.8) is 0 Å². The molecule has 2 N–H and O–H groups in total. The minimum atomic E-state index is -0.313. The van der Waals surface area contributed by atoms with Crippen molar-refractivity contribution in [2.75, 3.05) is 20.3 Å². The van der Waals surface area contributed by atoms with Gasteiger partial charge in [0.1, 0.15) is 6.54 Å². The van der Waals surface area contributed by atoms with Gasteiger partial charge >= 0.3 is 0 Å². The van der Waals surface area contributed by atoms with Gasteiger partial charge in [-0.15, -0.1) is 0 Å². The van der Waals surface area contributed by atoms with E-state index in [4.69, 9.17) is 9.26 Å². The molecule has 2 heterocycles. The van der Waals surface area contributed by atoms with Crippen LogP contribution in [0.1, 0.15) is 36.0 Å². The lowest BCUT2D eigenvalue weighted by Gasteiger charge is -2.18. The van der Waals surface area contributed by atoms with Crippen LogP contribution in [-0.4, -0.2) is 58.0 Å². The number of amides is 2. The normalized spacial score (nSPS) is 19.8. The molecule has 2 aromatic heterocycles. The smallest absolute Gasteiger partial charge is 0.241 e. The molecule has 10 heteroatoms. The molecule has 1 aromatic carbocycles. The summed E-state index contributed by atoms with van der Waals surface area (Å²) >= 11 is 0. The fourth-order valence-electron chi connectivity index (χ4n) is 4.42. The molecule has 3 aromatic rings. The fourth-order valence-corrected chi connectivity index (χ4v) is 4.42. The maximum absolute atomic E-state index is 12.9. The number of benzene rings is 1. The fraction of sp³-hybridized carbons (Fsp3) is 0.458. The van der Waals surface area contributed by atoms with E-state index in [0.717, 1.165) is 17.0 Å². The largest absolute Gasteiger partial charge is 0.383 e. The first-order valence-corrected chi connectivity index (χ1v) is 11.4. The Kier molecular flexibility index (Phi) is 7.36. The van der Waals surface area contributed by atoms with Crippen LogP contribution < -0.4 is 10.6 Å². The van der Waals surface area contributed by atoms with Crippen LogP contribution in [0.2, 0.25) is 0 Å². The molecule has 4 rings (SSSR count). The van der Waals surface area contributed by atoms with E-state index >= 15 is 0 Å². The van der Waals surface area contributed by atoms with Gasteiger partial charge in [0.25, 0.3) is 0 Å². The molecule has 3 atom stereocenters. The van der Waals surface area contributed by atoms with Gasteiger partial charge in [-0.25, -0.2) is 0 Å². The van der Waals surface area contributed by atoms with Gasteiger partial charge in [-0.2, -0.15) is 10.1 Å². The molecule has 0 saturated heterocycles. The van der Waals surface area contributed by atoms with Crippen molar-refractivity contribution in [2.24, 2.45) is 5.92 Å². The van der Waals surface area contributed by atoms with Gasteiger partial charge in [0.05, 0.1) is 18.2 Å². The predicted octanol–water partition coefficient (Wildman–Crippen LogP) is 1.99. The molecule has 0 bridgehead atoms. The van der Waals surface area contributed by atoms with Crippen LogP contribution in [0.3, 0.4) is 0 Å². The highest BCUT2D eigenvalue weighted by Crippen LogP contribution is 2.38. The predicted molar refractivity (Wildman–Crippen MR) is 124 cm³/mol. The van der Waals surface area contributed by atoms with Crippen LogP contribution in [0.15, 0.2) is 40.9 Å². The van der Waals surface area contributed by atoms with E-state index in [2.05, 4.69) is 25.9 Å². The van der Waals surface area contributed by atoms with Gasteiger partial charge < -0.3 is 19.9 Å². The number of carbonyl (C=O) groups excluding carboxylic acids is 2. The molecule has 10 nitrogen and oxygen atoms in total. The van der Waals surface area contributed by atoms with Crippen molar-refractivity contribution >= 4 is 11.8 Å². The standard InChI is InChI=1S/C24H30N6O4/c1-15-11-16(2)30(28-15)14-21(31)26-20-13-18(23(32)25-9-10-33-3)12-19(20)24-27-22(29-34-24)17-7-5-4-6-8-17/h4-8,11,18-20H,9-10,12-14H2,1-3H3,(H,25,32)(H,26,31)/t18-,19-,20+/m1/s1. The van der Waals surface area contributed by atoms with Gasteiger partial charge in [0.15, 0.2) is 0 Å². The van der Waals surface area contributed by atoms with Gasteiger partial charge in [-0.1, -0.05) is 35.5 Å². The average Bonchev–Trinajstić information content (AvgIpc) is 3.53.